The summed E-state index contributed by atoms with van der Waals surface area (Å²) in [7, 11) is -6.27. The van der Waals surface area contributed by atoms with Gasteiger partial charge in [0.2, 0.25) is 5.75 Å². The fourth-order valence-corrected chi connectivity index (χ4v) is 4.56. The Hall–Kier alpha value is -4.69. The molecule has 3 aromatic carbocycles. The first-order valence-corrected chi connectivity index (χ1v) is 15.0. The van der Waals surface area contributed by atoms with Crippen molar-refractivity contribution in [2.75, 3.05) is 13.2 Å². The fraction of sp³-hybridized carbons (Fsp3) is 0.200. The van der Waals surface area contributed by atoms with E-state index in [9.17, 15) is 31.2 Å². The highest BCUT2D eigenvalue weighted by Crippen LogP contribution is 2.35. The minimum absolute atomic E-state index is 0.0227. The van der Waals surface area contributed by atoms with Crippen LogP contribution in [0.1, 0.15) is 34.4 Å². The van der Waals surface area contributed by atoms with Crippen LogP contribution in [0.5, 0.6) is 11.6 Å². The minimum atomic E-state index is -6.27. The molecule has 0 fully saturated rings. The molecular weight excluding hydrogens is 639 g/mol. The number of amides is 1. The van der Waals surface area contributed by atoms with Crippen LogP contribution >= 0.6 is 11.6 Å². The number of aromatic nitrogens is 2. The average Bonchev–Trinajstić information content (AvgIpc) is 3.00. The van der Waals surface area contributed by atoms with E-state index in [1.807, 2.05) is 30.3 Å². The van der Waals surface area contributed by atoms with Crippen molar-refractivity contribution in [2.45, 2.75) is 25.5 Å². The van der Waals surface area contributed by atoms with Gasteiger partial charge in [0.25, 0.3) is 11.8 Å². The van der Waals surface area contributed by atoms with E-state index >= 15 is 0 Å². The van der Waals surface area contributed by atoms with E-state index in [2.05, 4.69) is 19.5 Å². The number of ether oxygens (including phenoxy) is 2. The van der Waals surface area contributed by atoms with Crippen LogP contribution in [0.3, 0.4) is 0 Å². The standard InChI is InChI=1S/C30H25ClF3N3O7S/c1-2-42-25(38)17-35-28(39)26-27(43-18-19-9-5-3-6-10-19)29(44-45(40,41)30(32,33)34)37-24(36-26)16-22-14-13-21(15-23(22)31)20-11-7-4-8-12-20/h3-15H,2,16-18H2,1H3,(H,35,39). The van der Waals surface area contributed by atoms with Gasteiger partial charge in [0.05, 0.1) is 6.61 Å². The summed E-state index contributed by atoms with van der Waals surface area (Å²) in [5, 5.41) is 2.47. The molecule has 0 bridgehead atoms. The molecule has 236 valence electrons. The molecule has 15 heteroatoms. The van der Waals surface area contributed by atoms with E-state index in [1.165, 1.54) is 0 Å². The molecule has 1 aromatic heterocycles. The molecule has 0 aliphatic carbocycles. The number of rotatable bonds is 12. The average molecular weight is 664 g/mol. The topological polar surface area (TPSA) is 134 Å². The van der Waals surface area contributed by atoms with E-state index in [4.69, 9.17) is 21.1 Å². The van der Waals surface area contributed by atoms with Gasteiger partial charge >= 0.3 is 21.6 Å². The second-order valence-corrected chi connectivity index (χ2v) is 11.2. The highest BCUT2D eigenvalue weighted by Gasteiger charge is 2.49. The summed E-state index contributed by atoms with van der Waals surface area (Å²) in [6.07, 6.45) is -0.256. The van der Waals surface area contributed by atoms with Crippen molar-refractivity contribution >= 4 is 33.6 Å². The number of nitrogens with one attached hydrogen (secondary N) is 1. The predicted octanol–water partition coefficient (Wildman–Crippen LogP) is 5.49. The van der Waals surface area contributed by atoms with E-state index in [0.29, 0.717) is 11.1 Å². The maximum atomic E-state index is 13.4. The molecule has 10 nitrogen and oxygen atoms in total. The first-order chi connectivity index (χ1) is 21.4. The Bertz CT molecular complexity index is 1780. The predicted molar refractivity (Wildman–Crippen MR) is 157 cm³/mol. The van der Waals surface area contributed by atoms with Crippen LogP contribution < -0.4 is 14.2 Å². The Morgan fingerprint density at radius 3 is 2.22 bits per heavy atom. The van der Waals surface area contributed by atoms with Crippen LogP contribution in [-0.2, 0) is 32.7 Å². The van der Waals surface area contributed by atoms with Gasteiger partial charge in [-0.15, -0.1) is 0 Å². The monoisotopic (exact) mass is 663 g/mol. The maximum Gasteiger partial charge on any atom is 0.534 e. The highest BCUT2D eigenvalue weighted by atomic mass is 35.5. The normalized spacial score (nSPS) is 11.5. The zero-order valence-corrected chi connectivity index (χ0v) is 25.1. The Balaban J connectivity index is 1.79. The van der Waals surface area contributed by atoms with Crippen LogP contribution in [0.4, 0.5) is 13.2 Å². The zero-order chi connectivity index (χ0) is 32.6. The number of carbonyl (C=O) groups is 2. The number of esters is 1. The fourth-order valence-electron chi connectivity index (χ4n) is 3.89. The molecule has 0 aliphatic heterocycles. The molecule has 4 aromatic rings. The van der Waals surface area contributed by atoms with Crippen LogP contribution in [0.15, 0.2) is 78.9 Å². The van der Waals surface area contributed by atoms with Gasteiger partial charge in [-0.2, -0.15) is 26.6 Å². The molecule has 4 rings (SSSR count). The molecule has 0 aliphatic rings. The molecule has 0 spiro atoms. The summed E-state index contributed by atoms with van der Waals surface area (Å²) in [6.45, 7) is 0.605. The molecular formula is C30H25ClF3N3O7S. The number of nitrogens with zero attached hydrogens (tertiary/aromatic N) is 2. The third-order valence-corrected chi connectivity index (χ3v) is 7.30. The van der Waals surface area contributed by atoms with Crippen molar-refractivity contribution in [2.24, 2.45) is 0 Å². The van der Waals surface area contributed by atoms with Crippen molar-refractivity contribution in [1.29, 1.82) is 0 Å². The van der Waals surface area contributed by atoms with Gasteiger partial charge in [0, 0.05) is 11.4 Å². The van der Waals surface area contributed by atoms with Gasteiger partial charge in [-0.1, -0.05) is 84.4 Å². The Labute approximate surface area is 261 Å². The lowest BCUT2D eigenvalue weighted by molar-refractivity contribution is -0.141. The van der Waals surface area contributed by atoms with Gasteiger partial charge in [-0.3, -0.25) is 9.59 Å². The Morgan fingerprint density at radius 1 is 0.933 bits per heavy atom. The van der Waals surface area contributed by atoms with Crippen molar-refractivity contribution < 1.29 is 44.8 Å². The lowest BCUT2D eigenvalue weighted by Crippen LogP contribution is -2.32. The number of halogens is 4. The number of alkyl halides is 3. The number of benzene rings is 3. The quantitative estimate of drug-likeness (QED) is 0.119. The van der Waals surface area contributed by atoms with Gasteiger partial charge in [-0.25, -0.2) is 4.98 Å². The van der Waals surface area contributed by atoms with E-state index in [0.717, 1.165) is 11.1 Å². The maximum absolute atomic E-state index is 13.4. The third kappa shape index (κ3) is 8.70. The summed E-state index contributed by atoms with van der Waals surface area (Å²) in [4.78, 5) is 33.2. The molecule has 0 atom stereocenters. The first-order valence-electron chi connectivity index (χ1n) is 13.2. The largest absolute Gasteiger partial charge is 0.534 e. The highest BCUT2D eigenvalue weighted by molar-refractivity contribution is 7.88. The van der Waals surface area contributed by atoms with Crippen molar-refractivity contribution in [3.63, 3.8) is 0 Å². The van der Waals surface area contributed by atoms with Crippen LogP contribution in [-0.4, -0.2) is 48.9 Å². The van der Waals surface area contributed by atoms with Gasteiger partial charge in [0.1, 0.15) is 19.0 Å². The minimum Gasteiger partial charge on any atom is -0.481 e. The van der Waals surface area contributed by atoms with Crippen LogP contribution in [0.2, 0.25) is 5.02 Å². The summed E-state index contributed by atoms with van der Waals surface area (Å²) >= 11 is 6.51. The second-order valence-electron chi connectivity index (χ2n) is 9.22. The molecule has 0 unspecified atom stereocenters. The third-order valence-electron chi connectivity index (χ3n) is 6.00. The molecule has 0 saturated heterocycles. The summed E-state index contributed by atoms with van der Waals surface area (Å²) in [5.74, 6) is -4.23. The van der Waals surface area contributed by atoms with Gasteiger partial charge in [-0.05, 0) is 35.2 Å². The Kier molecular flexibility index (Phi) is 10.6. The second kappa shape index (κ2) is 14.4. The first kappa shape index (κ1) is 33.2. The summed E-state index contributed by atoms with van der Waals surface area (Å²) in [6, 6.07) is 22.6. The van der Waals surface area contributed by atoms with Gasteiger partial charge in [0.15, 0.2) is 5.69 Å². The smallest absolute Gasteiger partial charge is 0.481 e. The lowest BCUT2D eigenvalue weighted by atomic mass is 10.0. The van der Waals surface area contributed by atoms with E-state index < -0.39 is 51.4 Å². The number of hydrogen-bond acceptors (Lipinski definition) is 9. The van der Waals surface area contributed by atoms with Crippen molar-refractivity contribution in [1.82, 2.24) is 15.3 Å². The summed E-state index contributed by atoms with van der Waals surface area (Å²) in [5.41, 5.74) is -3.97. The summed E-state index contributed by atoms with van der Waals surface area (Å²) < 4.78 is 79.0. The number of carbonyl (C=O) groups excluding carboxylic acids is 2. The van der Waals surface area contributed by atoms with Crippen molar-refractivity contribution in [3.05, 3.63) is 107 Å². The van der Waals surface area contributed by atoms with E-state index in [1.54, 1.807) is 55.5 Å². The molecule has 1 heterocycles. The molecule has 0 radical (unpaired) electrons. The molecule has 1 amide bonds. The zero-order valence-electron chi connectivity index (χ0n) is 23.5. The van der Waals surface area contributed by atoms with E-state index in [-0.39, 0.29) is 30.5 Å². The van der Waals surface area contributed by atoms with Crippen molar-refractivity contribution in [3.8, 4) is 22.8 Å². The SMILES string of the molecule is CCOC(=O)CNC(=O)c1nc(Cc2ccc(-c3ccccc3)cc2Cl)nc(OS(=O)(=O)C(F)(F)F)c1OCc1ccccc1. The molecule has 45 heavy (non-hydrogen) atoms. The molecule has 0 saturated carbocycles. The lowest BCUT2D eigenvalue weighted by Gasteiger charge is -2.17. The Morgan fingerprint density at radius 2 is 1.60 bits per heavy atom. The van der Waals surface area contributed by atoms with Crippen LogP contribution in [0, 0.1) is 0 Å². The molecule has 1 N–H and O–H groups in total. The van der Waals surface area contributed by atoms with Gasteiger partial charge < -0.3 is 19.0 Å². The number of hydrogen-bond donors (Lipinski definition) is 1. The van der Waals surface area contributed by atoms with Crippen LogP contribution in [0.25, 0.3) is 11.1 Å².